The van der Waals surface area contributed by atoms with Gasteiger partial charge in [0.1, 0.15) is 0 Å². The number of fused-ring (bicyclic) bond motifs is 1. The fraction of sp³-hybridized carbons (Fsp3) is 0.154. The van der Waals surface area contributed by atoms with Crippen LogP contribution in [0.3, 0.4) is 0 Å². The number of imidazole rings is 1. The summed E-state index contributed by atoms with van der Waals surface area (Å²) in [6.45, 7) is 2.09. The fourth-order valence-corrected chi connectivity index (χ4v) is 1.95. The van der Waals surface area contributed by atoms with Crippen LogP contribution in [0.1, 0.15) is 5.56 Å². The molecule has 0 radical (unpaired) electrons. The van der Waals surface area contributed by atoms with Crippen LogP contribution in [0.4, 0.5) is 0 Å². The van der Waals surface area contributed by atoms with Gasteiger partial charge < -0.3 is 9.55 Å². The Morgan fingerprint density at radius 3 is 2.88 bits per heavy atom. The first kappa shape index (κ1) is 9.21. The molecule has 3 heteroatoms. The highest BCUT2D eigenvalue weighted by atomic mass is 15.0. The van der Waals surface area contributed by atoms with Crippen molar-refractivity contribution in [2.24, 2.45) is 7.05 Å². The summed E-state index contributed by atoms with van der Waals surface area (Å²) in [7, 11) is 2.02. The molecular formula is C13H13N3. The number of rotatable bonds is 1. The van der Waals surface area contributed by atoms with Crippen LogP contribution in [-0.2, 0) is 7.05 Å². The molecule has 2 aromatic heterocycles. The summed E-state index contributed by atoms with van der Waals surface area (Å²) in [4.78, 5) is 7.93. The molecule has 0 saturated carbocycles. The first-order valence-electron chi connectivity index (χ1n) is 5.32. The molecule has 16 heavy (non-hydrogen) atoms. The van der Waals surface area contributed by atoms with E-state index in [1.165, 1.54) is 5.56 Å². The van der Waals surface area contributed by atoms with E-state index in [1.54, 1.807) is 0 Å². The zero-order chi connectivity index (χ0) is 11.1. The summed E-state index contributed by atoms with van der Waals surface area (Å²) in [6.07, 6.45) is 2.02. The van der Waals surface area contributed by atoms with E-state index in [9.17, 15) is 0 Å². The summed E-state index contributed by atoms with van der Waals surface area (Å²) < 4.78 is 2.06. The summed E-state index contributed by atoms with van der Waals surface area (Å²) in [5.74, 6) is 0.924. The zero-order valence-electron chi connectivity index (χ0n) is 9.36. The minimum atomic E-state index is 0.924. The molecule has 0 fully saturated rings. The van der Waals surface area contributed by atoms with Crippen molar-refractivity contribution >= 4 is 11.0 Å². The zero-order valence-corrected chi connectivity index (χ0v) is 9.36. The second-order valence-corrected chi connectivity index (χ2v) is 4.11. The quantitative estimate of drug-likeness (QED) is 0.659. The van der Waals surface area contributed by atoms with Gasteiger partial charge in [-0.05, 0) is 36.8 Å². The van der Waals surface area contributed by atoms with E-state index in [0.29, 0.717) is 0 Å². The number of hydrogen-bond donors (Lipinski definition) is 1. The molecule has 0 saturated heterocycles. The van der Waals surface area contributed by atoms with Crippen LogP contribution in [0.5, 0.6) is 0 Å². The van der Waals surface area contributed by atoms with Crippen molar-refractivity contribution in [1.29, 1.82) is 0 Å². The van der Waals surface area contributed by atoms with E-state index in [0.717, 1.165) is 22.6 Å². The van der Waals surface area contributed by atoms with Crippen molar-refractivity contribution in [1.82, 2.24) is 14.5 Å². The molecular weight excluding hydrogens is 198 g/mol. The lowest BCUT2D eigenvalue weighted by molar-refractivity contribution is 0.927. The number of aryl methyl sites for hydroxylation is 2. The smallest absolute Gasteiger partial charge is 0.155 e. The van der Waals surface area contributed by atoms with Gasteiger partial charge in [0.2, 0.25) is 0 Å². The number of benzene rings is 1. The van der Waals surface area contributed by atoms with Gasteiger partial charge in [-0.15, -0.1) is 0 Å². The molecule has 3 rings (SSSR count). The van der Waals surface area contributed by atoms with Crippen LogP contribution in [0.25, 0.3) is 22.6 Å². The Kier molecular flexibility index (Phi) is 1.86. The van der Waals surface area contributed by atoms with Gasteiger partial charge >= 0.3 is 0 Å². The highest BCUT2D eigenvalue weighted by Gasteiger charge is 2.07. The maximum atomic E-state index is 4.58. The second-order valence-electron chi connectivity index (χ2n) is 4.11. The van der Waals surface area contributed by atoms with E-state index in [4.69, 9.17) is 0 Å². The maximum absolute atomic E-state index is 4.58. The van der Waals surface area contributed by atoms with Gasteiger partial charge in [-0.1, -0.05) is 6.07 Å². The van der Waals surface area contributed by atoms with Crippen molar-refractivity contribution in [3.63, 3.8) is 0 Å². The topological polar surface area (TPSA) is 33.6 Å². The van der Waals surface area contributed by atoms with Crippen LogP contribution in [-0.4, -0.2) is 14.5 Å². The molecule has 0 bridgehead atoms. The number of hydrogen-bond acceptors (Lipinski definition) is 1. The number of H-pyrrole nitrogens is 1. The molecule has 1 N–H and O–H groups in total. The predicted molar refractivity (Wildman–Crippen MR) is 65.2 cm³/mol. The lowest BCUT2D eigenvalue weighted by atomic mass is 10.2. The summed E-state index contributed by atoms with van der Waals surface area (Å²) in [5, 5.41) is 0. The van der Waals surface area contributed by atoms with Crippen LogP contribution in [0, 0.1) is 6.92 Å². The van der Waals surface area contributed by atoms with E-state index in [2.05, 4.69) is 39.7 Å². The average molecular weight is 211 g/mol. The van der Waals surface area contributed by atoms with E-state index in [1.807, 2.05) is 25.4 Å². The molecule has 80 valence electrons. The molecule has 1 aromatic carbocycles. The molecule has 0 unspecified atom stereocenters. The highest BCUT2D eigenvalue weighted by molar-refractivity contribution is 5.79. The lowest BCUT2D eigenvalue weighted by Gasteiger charge is -1.97. The molecule has 0 spiro atoms. The number of aromatic amines is 1. The Morgan fingerprint density at radius 2 is 2.12 bits per heavy atom. The number of aromatic nitrogens is 3. The Hall–Kier alpha value is -2.03. The Labute approximate surface area is 93.7 Å². The Morgan fingerprint density at radius 1 is 1.25 bits per heavy atom. The summed E-state index contributed by atoms with van der Waals surface area (Å²) in [6, 6.07) is 10.3. The Bertz CT molecular complexity index is 646. The van der Waals surface area contributed by atoms with Gasteiger partial charge in [0, 0.05) is 13.2 Å². The van der Waals surface area contributed by atoms with Crippen LogP contribution < -0.4 is 0 Å². The second kappa shape index (κ2) is 3.23. The molecule has 2 heterocycles. The van der Waals surface area contributed by atoms with Crippen molar-refractivity contribution in [3.8, 4) is 11.5 Å². The summed E-state index contributed by atoms with van der Waals surface area (Å²) in [5.41, 5.74) is 4.46. The predicted octanol–water partition coefficient (Wildman–Crippen LogP) is 2.88. The summed E-state index contributed by atoms with van der Waals surface area (Å²) >= 11 is 0. The molecule has 0 aliphatic heterocycles. The monoisotopic (exact) mass is 211 g/mol. The first-order valence-corrected chi connectivity index (χ1v) is 5.32. The third-order valence-corrected chi connectivity index (χ3v) is 2.82. The first-order chi connectivity index (χ1) is 7.74. The molecule has 0 amide bonds. The normalized spacial score (nSPS) is 11.1. The van der Waals surface area contributed by atoms with Crippen molar-refractivity contribution in [2.75, 3.05) is 0 Å². The SMILES string of the molecule is Cc1ccc2nc(-c3cccn3C)[nH]c2c1. The maximum Gasteiger partial charge on any atom is 0.155 e. The fourth-order valence-electron chi connectivity index (χ4n) is 1.95. The lowest BCUT2D eigenvalue weighted by Crippen LogP contribution is -1.90. The molecule has 0 aliphatic carbocycles. The van der Waals surface area contributed by atoms with Gasteiger partial charge in [-0.3, -0.25) is 0 Å². The van der Waals surface area contributed by atoms with Crippen molar-refractivity contribution in [3.05, 3.63) is 42.1 Å². The van der Waals surface area contributed by atoms with Gasteiger partial charge in [-0.2, -0.15) is 0 Å². The van der Waals surface area contributed by atoms with E-state index >= 15 is 0 Å². The minimum Gasteiger partial charge on any atom is -0.348 e. The van der Waals surface area contributed by atoms with E-state index in [-0.39, 0.29) is 0 Å². The van der Waals surface area contributed by atoms with Crippen LogP contribution in [0.2, 0.25) is 0 Å². The van der Waals surface area contributed by atoms with Crippen LogP contribution in [0.15, 0.2) is 36.5 Å². The third-order valence-electron chi connectivity index (χ3n) is 2.82. The van der Waals surface area contributed by atoms with Gasteiger partial charge in [0.25, 0.3) is 0 Å². The molecule has 3 aromatic rings. The van der Waals surface area contributed by atoms with Gasteiger partial charge in [-0.25, -0.2) is 4.98 Å². The average Bonchev–Trinajstić information content (AvgIpc) is 2.82. The largest absolute Gasteiger partial charge is 0.348 e. The third kappa shape index (κ3) is 1.33. The number of nitrogens with one attached hydrogen (secondary N) is 1. The van der Waals surface area contributed by atoms with E-state index < -0.39 is 0 Å². The minimum absolute atomic E-state index is 0.924. The Balaban J connectivity index is 2.23. The number of nitrogens with zero attached hydrogens (tertiary/aromatic N) is 2. The van der Waals surface area contributed by atoms with Crippen LogP contribution >= 0.6 is 0 Å². The molecule has 0 atom stereocenters. The standard InChI is InChI=1S/C13H13N3/c1-9-5-6-10-11(8-9)15-13(14-10)12-4-3-7-16(12)2/h3-8H,1-2H3,(H,14,15). The highest BCUT2D eigenvalue weighted by Crippen LogP contribution is 2.20. The van der Waals surface area contributed by atoms with Crippen molar-refractivity contribution < 1.29 is 0 Å². The molecule has 0 aliphatic rings. The molecule has 3 nitrogen and oxygen atoms in total. The van der Waals surface area contributed by atoms with Gasteiger partial charge in [0.15, 0.2) is 5.82 Å². The van der Waals surface area contributed by atoms with Crippen molar-refractivity contribution in [2.45, 2.75) is 6.92 Å². The van der Waals surface area contributed by atoms with Gasteiger partial charge in [0.05, 0.1) is 16.7 Å².